The van der Waals surface area contributed by atoms with E-state index in [1.807, 2.05) is 0 Å². The minimum Gasteiger partial charge on any atom is -0.480 e. The lowest BCUT2D eigenvalue weighted by atomic mass is 10.1. The van der Waals surface area contributed by atoms with Crippen molar-refractivity contribution in [2.45, 2.75) is 50.6 Å². The lowest BCUT2D eigenvalue weighted by Gasteiger charge is -2.26. The molecule has 0 aliphatic heterocycles. The van der Waals surface area contributed by atoms with Crippen molar-refractivity contribution in [3.8, 4) is 0 Å². The Morgan fingerprint density at radius 3 is 2.42 bits per heavy atom. The molecule has 108 valence electrons. The van der Waals surface area contributed by atoms with Crippen LogP contribution < -0.4 is 11.1 Å². The van der Waals surface area contributed by atoms with E-state index in [0.717, 1.165) is 25.7 Å². The summed E-state index contributed by atoms with van der Waals surface area (Å²) in [6, 6.07) is -1.32. The topological polar surface area (TPSA) is 113 Å². The van der Waals surface area contributed by atoms with Crippen molar-refractivity contribution in [2.75, 3.05) is 7.05 Å². The fourth-order valence-corrected chi connectivity index (χ4v) is 2.25. The Kier molecular flexibility index (Phi) is 5.59. The van der Waals surface area contributed by atoms with Crippen molar-refractivity contribution in [1.82, 2.24) is 10.2 Å². The maximum atomic E-state index is 11.9. The van der Waals surface area contributed by atoms with Crippen molar-refractivity contribution in [2.24, 2.45) is 5.73 Å². The Hall–Kier alpha value is -1.79. The molecule has 19 heavy (non-hydrogen) atoms. The first-order valence-corrected chi connectivity index (χ1v) is 6.46. The first-order chi connectivity index (χ1) is 8.91. The Balaban J connectivity index is 2.50. The number of rotatable bonds is 6. The van der Waals surface area contributed by atoms with Crippen molar-refractivity contribution in [3.63, 3.8) is 0 Å². The SMILES string of the molecule is CN(C(=O)NC(CCC(N)=O)C(=O)O)C1CCCC1. The number of urea groups is 1. The third-order valence-corrected chi connectivity index (χ3v) is 3.47. The van der Waals surface area contributed by atoms with Gasteiger partial charge in [0, 0.05) is 19.5 Å². The van der Waals surface area contributed by atoms with Gasteiger partial charge >= 0.3 is 12.0 Å². The zero-order valence-corrected chi connectivity index (χ0v) is 11.1. The van der Waals surface area contributed by atoms with E-state index in [1.165, 1.54) is 0 Å². The molecule has 3 amide bonds. The summed E-state index contributed by atoms with van der Waals surface area (Å²) in [7, 11) is 1.66. The monoisotopic (exact) mass is 271 g/mol. The van der Waals surface area contributed by atoms with Gasteiger partial charge in [-0.3, -0.25) is 4.79 Å². The van der Waals surface area contributed by atoms with Crippen LogP contribution in [0.2, 0.25) is 0 Å². The number of primary amides is 1. The molecular formula is C12H21N3O4. The van der Waals surface area contributed by atoms with Crippen LogP contribution in [0, 0.1) is 0 Å². The largest absolute Gasteiger partial charge is 0.480 e. The highest BCUT2D eigenvalue weighted by Gasteiger charge is 2.27. The molecule has 4 N–H and O–H groups in total. The molecule has 0 spiro atoms. The molecule has 1 atom stereocenters. The summed E-state index contributed by atoms with van der Waals surface area (Å²) in [5, 5.41) is 11.4. The van der Waals surface area contributed by atoms with E-state index in [2.05, 4.69) is 5.32 Å². The zero-order chi connectivity index (χ0) is 14.4. The molecule has 7 nitrogen and oxygen atoms in total. The van der Waals surface area contributed by atoms with Crippen LogP contribution in [-0.4, -0.2) is 47.0 Å². The van der Waals surface area contributed by atoms with E-state index in [4.69, 9.17) is 10.8 Å². The van der Waals surface area contributed by atoms with E-state index in [-0.39, 0.29) is 18.9 Å². The number of hydrogen-bond acceptors (Lipinski definition) is 3. The smallest absolute Gasteiger partial charge is 0.326 e. The van der Waals surface area contributed by atoms with E-state index < -0.39 is 23.9 Å². The predicted octanol–water partition coefficient (Wildman–Crippen LogP) is 0.289. The molecule has 0 aromatic heterocycles. The number of carboxylic acid groups (broad SMARTS) is 1. The molecule has 0 aromatic carbocycles. The van der Waals surface area contributed by atoms with Gasteiger partial charge in [0.05, 0.1) is 0 Å². The van der Waals surface area contributed by atoms with Crippen LogP contribution in [-0.2, 0) is 9.59 Å². The van der Waals surface area contributed by atoms with Gasteiger partial charge in [-0.1, -0.05) is 12.8 Å². The second-order valence-corrected chi connectivity index (χ2v) is 4.89. The molecule has 0 aromatic rings. The van der Waals surface area contributed by atoms with Gasteiger partial charge in [0.15, 0.2) is 0 Å². The molecule has 0 heterocycles. The Labute approximate surface area is 112 Å². The van der Waals surface area contributed by atoms with Crippen LogP contribution in [0.4, 0.5) is 4.79 Å². The van der Waals surface area contributed by atoms with Crippen LogP contribution in [0.15, 0.2) is 0 Å². The second kappa shape index (κ2) is 6.96. The highest BCUT2D eigenvalue weighted by Crippen LogP contribution is 2.22. The summed E-state index contributed by atoms with van der Waals surface area (Å²) in [6.07, 6.45) is 4.02. The number of carbonyl (C=O) groups excluding carboxylic acids is 2. The fraction of sp³-hybridized carbons (Fsp3) is 0.750. The zero-order valence-electron chi connectivity index (χ0n) is 11.1. The molecule has 1 aliphatic carbocycles. The summed E-state index contributed by atoms with van der Waals surface area (Å²) in [4.78, 5) is 35.1. The molecule has 1 saturated carbocycles. The summed E-state index contributed by atoms with van der Waals surface area (Å²) in [5.74, 6) is -1.74. The third kappa shape index (κ3) is 4.76. The Morgan fingerprint density at radius 2 is 1.95 bits per heavy atom. The Bertz CT molecular complexity index is 353. The standard InChI is InChI=1S/C12H21N3O4/c1-15(8-4-2-3-5-8)12(19)14-9(11(17)18)6-7-10(13)16/h8-9H,2-7H2,1H3,(H2,13,16)(H,14,19)(H,17,18). The van der Waals surface area contributed by atoms with Gasteiger partial charge in [-0.25, -0.2) is 9.59 Å². The van der Waals surface area contributed by atoms with Gasteiger partial charge in [0.1, 0.15) is 6.04 Å². The number of nitrogens with zero attached hydrogens (tertiary/aromatic N) is 1. The molecule has 0 bridgehead atoms. The summed E-state index contributed by atoms with van der Waals surface area (Å²) in [6.45, 7) is 0. The molecule has 0 saturated heterocycles. The second-order valence-electron chi connectivity index (χ2n) is 4.89. The average Bonchev–Trinajstić information content (AvgIpc) is 2.86. The normalized spacial score (nSPS) is 16.9. The summed E-state index contributed by atoms with van der Waals surface area (Å²) >= 11 is 0. The van der Waals surface area contributed by atoms with E-state index in [1.54, 1.807) is 11.9 Å². The predicted molar refractivity (Wildman–Crippen MR) is 68.4 cm³/mol. The van der Waals surface area contributed by atoms with E-state index in [0.29, 0.717) is 0 Å². The van der Waals surface area contributed by atoms with Crippen molar-refractivity contribution in [1.29, 1.82) is 0 Å². The Morgan fingerprint density at radius 1 is 1.37 bits per heavy atom. The number of carboxylic acids is 1. The van der Waals surface area contributed by atoms with Crippen LogP contribution in [0.5, 0.6) is 0 Å². The van der Waals surface area contributed by atoms with Gasteiger partial charge < -0.3 is 21.1 Å². The number of hydrogen-bond donors (Lipinski definition) is 3. The fourth-order valence-electron chi connectivity index (χ4n) is 2.25. The lowest BCUT2D eigenvalue weighted by Crippen LogP contribution is -2.49. The number of nitrogens with one attached hydrogen (secondary N) is 1. The molecular weight excluding hydrogens is 250 g/mol. The summed E-state index contributed by atoms with van der Waals surface area (Å²) in [5.41, 5.74) is 4.98. The molecule has 0 radical (unpaired) electrons. The van der Waals surface area contributed by atoms with Gasteiger partial charge in [-0.15, -0.1) is 0 Å². The third-order valence-electron chi connectivity index (χ3n) is 3.47. The van der Waals surface area contributed by atoms with Gasteiger partial charge in [0.2, 0.25) is 5.91 Å². The first-order valence-electron chi connectivity index (χ1n) is 6.46. The number of aliphatic carboxylic acids is 1. The molecule has 1 fully saturated rings. The average molecular weight is 271 g/mol. The van der Waals surface area contributed by atoms with E-state index in [9.17, 15) is 14.4 Å². The van der Waals surface area contributed by atoms with Crippen LogP contribution in [0.3, 0.4) is 0 Å². The molecule has 1 rings (SSSR count). The maximum Gasteiger partial charge on any atom is 0.326 e. The van der Waals surface area contributed by atoms with Gasteiger partial charge in [-0.05, 0) is 19.3 Å². The molecule has 7 heteroatoms. The lowest BCUT2D eigenvalue weighted by molar-refractivity contribution is -0.139. The van der Waals surface area contributed by atoms with Crippen LogP contribution in [0.1, 0.15) is 38.5 Å². The molecule has 1 unspecified atom stereocenters. The minimum atomic E-state index is -1.16. The quantitative estimate of drug-likeness (QED) is 0.644. The van der Waals surface area contributed by atoms with E-state index >= 15 is 0 Å². The van der Waals surface area contributed by atoms with Gasteiger partial charge in [0.25, 0.3) is 0 Å². The minimum absolute atomic E-state index is 0.00884. The van der Waals surface area contributed by atoms with Crippen LogP contribution in [0.25, 0.3) is 0 Å². The van der Waals surface area contributed by atoms with Crippen molar-refractivity contribution < 1.29 is 19.5 Å². The molecule has 1 aliphatic rings. The summed E-state index contributed by atoms with van der Waals surface area (Å²) < 4.78 is 0. The van der Waals surface area contributed by atoms with Crippen molar-refractivity contribution in [3.05, 3.63) is 0 Å². The highest BCUT2D eigenvalue weighted by atomic mass is 16.4. The van der Waals surface area contributed by atoms with Gasteiger partial charge in [-0.2, -0.15) is 0 Å². The first kappa shape index (κ1) is 15.3. The maximum absolute atomic E-state index is 11.9. The number of carbonyl (C=O) groups is 3. The number of nitrogens with two attached hydrogens (primary N) is 1. The highest BCUT2D eigenvalue weighted by molar-refractivity contribution is 5.83. The van der Waals surface area contributed by atoms with Crippen LogP contribution >= 0.6 is 0 Å². The number of amides is 3. The van der Waals surface area contributed by atoms with Crippen molar-refractivity contribution >= 4 is 17.9 Å².